The predicted octanol–water partition coefficient (Wildman–Crippen LogP) is 2.62. The van der Waals surface area contributed by atoms with E-state index in [9.17, 15) is 4.39 Å². The number of nitrogens with zero attached hydrogens (tertiary/aromatic N) is 1. The molecule has 0 bridgehead atoms. The first-order valence-corrected chi connectivity index (χ1v) is 5.03. The Morgan fingerprint density at radius 2 is 2.33 bits per heavy atom. The molecule has 0 saturated heterocycles. The van der Waals surface area contributed by atoms with Crippen molar-refractivity contribution < 1.29 is 4.39 Å². The number of guanidine groups is 1. The number of halogens is 2. The number of nitrogens with one attached hydrogen (secondary N) is 1. The van der Waals surface area contributed by atoms with Crippen LogP contribution in [-0.2, 0) is 0 Å². The molecule has 1 rings (SSSR count). The van der Waals surface area contributed by atoms with E-state index in [-0.39, 0.29) is 11.6 Å². The highest BCUT2D eigenvalue weighted by Crippen LogP contribution is 2.18. The van der Waals surface area contributed by atoms with Gasteiger partial charge in [0.2, 0.25) is 0 Å². The van der Waals surface area contributed by atoms with E-state index in [1.807, 2.05) is 6.92 Å². The summed E-state index contributed by atoms with van der Waals surface area (Å²) in [6.45, 7) is 2.60. The van der Waals surface area contributed by atoms with Crippen LogP contribution in [-0.4, -0.2) is 12.5 Å². The molecule has 1 aromatic carbocycles. The zero-order valence-electron chi connectivity index (χ0n) is 8.43. The van der Waals surface area contributed by atoms with Gasteiger partial charge in [-0.1, -0.05) is 18.5 Å². The van der Waals surface area contributed by atoms with Gasteiger partial charge in [-0.15, -0.1) is 0 Å². The van der Waals surface area contributed by atoms with Crippen LogP contribution in [0.1, 0.15) is 13.3 Å². The van der Waals surface area contributed by atoms with Crippen LogP contribution in [0.25, 0.3) is 0 Å². The third-order valence-corrected chi connectivity index (χ3v) is 1.93. The maximum atomic E-state index is 13.3. The first-order chi connectivity index (χ1) is 7.13. The minimum absolute atomic E-state index is 0.207. The minimum Gasteiger partial charge on any atom is -0.370 e. The van der Waals surface area contributed by atoms with Gasteiger partial charge < -0.3 is 11.1 Å². The molecule has 0 saturated carbocycles. The molecule has 0 unspecified atom stereocenters. The van der Waals surface area contributed by atoms with Crippen LogP contribution in [0.3, 0.4) is 0 Å². The van der Waals surface area contributed by atoms with E-state index in [1.165, 1.54) is 12.1 Å². The lowest BCUT2D eigenvalue weighted by molar-refractivity contribution is 0.632. The number of benzene rings is 1. The van der Waals surface area contributed by atoms with Crippen LogP contribution in [0, 0.1) is 5.82 Å². The Kier molecular flexibility index (Phi) is 4.37. The van der Waals surface area contributed by atoms with Crippen molar-refractivity contribution in [3.8, 4) is 0 Å². The monoisotopic (exact) mass is 229 g/mol. The van der Waals surface area contributed by atoms with Crippen molar-refractivity contribution in [1.29, 1.82) is 0 Å². The third kappa shape index (κ3) is 3.75. The number of hydrogen-bond donors (Lipinski definition) is 2. The second-order valence-electron chi connectivity index (χ2n) is 3.02. The van der Waals surface area contributed by atoms with Crippen molar-refractivity contribution in [3.63, 3.8) is 0 Å². The maximum Gasteiger partial charge on any atom is 0.193 e. The molecule has 3 N–H and O–H groups in total. The molecular weight excluding hydrogens is 217 g/mol. The standard InChI is InChI=1S/C10H13ClFN3/c1-2-5-14-10(13)15-9-4-3-7(11)6-8(9)12/h3-4,6H,2,5H2,1H3,(H3,13,14,15). The summed E-state index contributed by atoms with van der Waals surface area (Å²) in [7, 11) is 0. The third-order valence-electron chi connectivity index (χ3n) is 1.70. The summed E-state index contributed by atoms with van der Waals surface area (Å²) < 4.78 is 13.3. The highest BCUT2D eigenvalue weighted by molar-refractivity contribution is 6.30. The summed E-state index contributed by atoms with van der Waals surface area (Å²) in [4.78, 5) is 3.99. The van der Waals surface area contributed by atoms with Crippen molar-refractivity contribution in [2.45, 2.75) is 13.3 Å². The molecule has 0 aliphatic carbocycles. The number of anilines is 1. The Hall–Kier alpha value is -1.29. The molecule has 0 amide bonds. The van der Waals surface area contributed by atoms with Crippen LogP contribution in [0.4, 0.5) is 10.1 Å². The molecular formula is C10H13ClFN3. The molecule has 0 aliphatic rings. The van der Waals surface area contributed by atoms with Crippen molar-refractivity contribution in [1.82, 2.24) is 0 Å². The van der Waals surface area contributed by atoms with E-state index in [2.05, 4.69) is 10.3 Å². The molecule has 0 atom stereocenters. The first-order valence-electron chi connectivity index (χ1n) is 4.65. The predicted molar refractivity (Wildman–Crippen MR) is 61.8 cm³/mol. The van der Waals surface area contributed by atoms with E-state index in [0.29, 0.717) is 11.6 Å². The molecule has 15 heavy (non-hydrogen) atoms. The van der Waals surface area contributed by atoms with Gasteiger partial charge in [0.15, 0.2) is 5.96 Å². The highest BCUT2D eigenvalue weighted by atomic mass is 35.5. The largest absolute Gasteiger partial charge is 0.370 e. The topological polar surface area (TPSA) is 50.4 Å². The lowest BCUT2D eigenvalue weighted by Gasteiger charge is -2.06. The summed E-state index contributed by atoms with van der Waals surface area (Å²) in [5, 5.41) is 3.02. The van der Waals surface area contributed by atoms with E-state index in [4.69, 9.17) is 17.3 Å². The van der Waals surface area contributed by atoms with Gasteiger partial charge in [-0.25, -0.2) is 4.39 Å². The van der Waals surface area contributed by atoms with Gasteiger partial charge in [-0.2, -0.15) is 0 Å². The fourth-order valence-corrected chi connectivity index (χ4v) is 1.16. The Labute approximate surface area is 93.1 Å². The molecule has 0 radical (unpaired) electrons. The molecule has 0 spiro atoms. The molecule has 0 heterocycles. The van der Waals surface area contributed by atoms with Gasteiger partial charge in [0.05, 0.1) is 5.69 Å². The number of rotatable bonds is 3. The van der Waals surface area contributed by atoms with Crippen LogP contribution in [0.5, 0.6) is 0 Å². The van der Waals surface area contributed by atoms with E-state index < -0.39 is 5.82 Å². The summed E-state index contributed by atoms with van der Waals surface area (Å²) in [6.07, 6.45) is 0.894. The number of aliphatic imine (C=N–C) groups is 1. The second-order valence-corrected chi connectivity index (χ2v) is 3.45. The Morgan fingerprint density at radius 1 is 1.60 bits per heavy atom. The quantitative estimate of drug-likeness (QED) is 0.618. The number of nitrogens with two attached hydrogens (primary N) is 1. The average molecular weight is 230 g/mol. The maximum absolute atomic E-state index is 13.3. The van der Waals surface area contributed by atoms with Gasteiger partial charge >= 0.3 is 0 Å². The van der Waals surface area contributed by atoms with E-state index in [1.54, 1.807) is 6.07 Å². The Morgan fingerprint density at radius 3 is 2.93 bits per heavy atom. The molecule has 0 fully saturated rings. The van der Waals surface area contributed by atoms with Gasteiger partial charge in [-0.3, -0.25) is 4.99 Å². The molecule has 3 nitrogen and oxygen atoms in total. The summed E-state index contributed by atoms with van der Waals surface area (Å²) >= 11 is 5.61. The molecule has 0 aliphatic heterocycles. The molecule has 0 aromatic heterocycles. The summed E-state index contributed by atoms with van der Waals surface area (Å²) in [5.74, 6) is -0.241. The SMILES string of the molecule is CCCN=C(N)Nc1ccc(Cl)cc1F. The minimum atomic E-state index is -0.447. The van der Waals surface area contributed by atoms with Crippen molar-refractivity contribution in [2.24, 2.45) is 10.7 Å². The lowest BCUT2D eigenvalue weighted by atomic mass is 10.3. The Balaban J connectivity index is 2.72. The van der Waals surface area contributed by atoms with Crippen molar-refractivity contribution >= 4 is 23.2 Å². The van der Waals surface area contributed by atoms with Crippen LogP contribution >= 0.6 is 11.6 Å². The molecule has 1 aromatic rings. The van der Waals surface area contributed by atoms with Crippen molar-refractivity contribution in [3.05, 3.63) is 29.0 Å². The smallest absolute Gasteiger partial charge is 0.193 e. The van der Waals surface area contributed by atoms with Crippen LogP contribution in [0.2, 0.25) is 5.02 Å². The first kappa shape index (κ1) is 11.8. The molecule has 82 valence electrons. The van der Waals surface area contributed by atoms with Crippen molar-refractivity contribution in [2.75, 3.05) is 11.9 Å². The summed E-state index contributed by atoms with van der Waals surface area (Å²) in [6, 6.07) is 4.32. The summed E-state index contributed by atoms with van der Waals surface area (Å²) in [5.41, 5.74) is 5.81. The van der Waals surface area contributed by atoms with Crippen LogP contribution in [0.15, 0.2) is 23.2 Å². The van der Waals surface area contributed by atoms with Gasteiger partial charge in [0, 0.05) is 11.6 Å². The normalized spacial score (nSPS) is 11.5. The fourth-order valence-electron chi connectivity index (χ4n) is 1.00. The van der Waals surface area contributed by atoms with Gasteiger partial charge in [-0.05, 0) is 24.6 Å². The lowest BCUT2D eigenvalue weighted by Crippen LogP contribution is -2.23. The Bertz CT molecular complexity index is 366. The second kappa shape index (κ2) is 5.56. The average Bonchev–Trinajstić information content (AvgIpc) is 2.19. The van der Waals surface area contributed by atoms with Gasteiger partial charge in [0.1, 0.15) is 5.82 Å². The van der Waals surface area contributed by atoms with Gasteiger partial charge in [0.25, 0.3) is 0 Å². The van der Waals surface area contributed by atoms with E-state index >= 15 is 0 Å². The zero-order valence-corrected chi connectivity index (χ0v) is 9.18. The molecule has 5 heteroatoms. The zero-order chi connectivity index (χ0) is 11.3. The number of hydrogen-bond acceptors (Lipinski definition) is 1. The fraction of sp³-hybridized carbons (Fsp3) is 0.300. The van der Waals surface area contributed by atoms with Crippen LogP contribution < -0.4 is 11.1 Å². The van der Waals surface area contributed by atoms with E-state index in [0.717, 1.165) is 6.42 Å². The highest BCUT2D eigenvalue weighted by Gasteiger charge is 2.03.